The van der Waals surface area contributed by atoms with Crippen LogP contribution in [0.15, 0.2) is 18.2 Å². The van der Waals surface area contributed by atoms with Crippen LogP contribution in [-0.2, 0) is 4.79 Å². The van der Waals surface area contributed by atoms with E-state index in [2.05, 4.69) is 0 Å². The highest BCUT2D eigenvalue weighted by Crippen LogP contribution is 2.34. The van der Waals surface area contributed by atoms with E-state index in [1.807, 2.05) is 37.1 Å². The first-order valence-corrected chi connectivity index (χ1v) is 6.60. The van der Waals surface area contributed by atoms with E-state index in [1.165, 1.54) is 12.8 Å². The summed E-state index contributed by atoms with van der Waals surface area (Å²) in [7, 11) is 3.45. The van der Waals surface area contributed by atoms with Gasteiger partial charge in [-0.15, -0.1) is 0 Å². The van der Waals surface area contributed by atoms with Gasteiger partial charge in [0.1, 0.15) is 11.8 Å². The molecule has 0 saturated heterocycles. The van der Waals surface area contributed by atoms with Crippen molar-refractivity contribution >= 4 is 5.97 Å². The maximum atomic E-state index is 11.6. The number of hydrogen-bond donors (Lipinski definition) is 1. The van der Waals surface area contributed by atoms with Crippen molar-refractivity contribution in [2.24, 2.45) is 5.92 Å². The summed E-state index contributed by atoms with van der Waals surface area (Å²) >= 11 is 0. The SMILES string of the molecule is COc1ccc(C)cc1C(C(=O)O)N(C)CC1CC1. The number of hydrogen-bond acceptors (Lipinski definition) is 3. The van der Waals surface area contributed by atoms with E-state index in [4.69, 9.17) is 4.74 Å². The zero-order valence-electron chi connectivity index (χ0n) is 11.7. The summed E-state index contributed by atoms with van der Waals surface area (Å²) in [6.07, 6.45) is 2.42. The van der Waals surface area contributed by atoms with Crippen molar-refractivity contribution in [3.63, 3.8) is 0 Å². The predicted molar refractivity (Wildman–Crippen MR) is 73.5 cm³/mol. The Morgan fingerprint density at radius 2 is 2.21 bits per heavy atom. The van der Waals surface area contributed by atoms with Gasteiger partial charge in [0.25, 0.3) is 0 Å². The molecule has 4 heteroatoms. The Morgan fingerprint density at radius 1 is 1.53 bits per heavy atom. The van der Waals surface area contributed by atoms with E-state index in [0.717, 1.165) is 17.7 Å². The van der Waals surface area contributed by atoms with Gasteiger partial charge in [-0.25, -0.2) is 0 Å². The lowest BCUT2D eigenvalue weighted by Gasteiger charge is -2.26. The van der Waals surface area contributed by atoms with Crippen molar-refractivity contribution in [1.82, 2.24) is 4.90 Å². The predicted octanol–water partition coefficient (Wildman–Crippen LogP) is 2.47. The number of ether oxygens (including phenoxy) is 1. The minimum absolute atomic E-state index is 0.639. The molecule has 1 aromatic rings. The van der Waals surface area contributed by atoms with Gasteiger partial charge < -0.3 is 9.84 Å². The average Bonchev–Trinajstić information content (AvgIpc) is 3.13. The van der Waals surface area contributed by atoms with Crippen molar-refractivity contribution < 1.29 is 14.6 Å². The van der Waals surface area contributed by atoms with Gasteiger partial charge >= 0.3 is 5.97 Å². The number of rotatable bonds is 6. The molecule has 1 aliphatic carbocycles. The van der Waals surface area contributed by atoms with E-state index in [9.17, 15) is 9.90 Å². The fourth-order valence-corrected chi connectivity index (χ4v) is 2.44. The molecule has 1 unspecified atom stereocenters. The Labute approximate surface area is 114 Å². The van der Waals surface area contributed by atoms with E-state index in [0.29, 0.717) is 11.7 Å². The quantitative estimate of drug-likeness (QED) is 0.856. The van der Waals surface area contributed by atoms with Gasteiger partial charge in [0.2, 0.25) is 0 Å². The largest absolute Gasteiger partial charge is 0.496 e. The van der Waals surface area contributed by atoms with Crippen LogP contribution in [0.5, 0.6) is 5.75 Å². The molecule has 1 aliphatic rings. The van der Waals surface area contributed by atoms with Gasteiger partial charge in [-0.05, 0) is 38.8 Å². The molecule has 1 atom stereocenters. The van der Waals surface area contributed by atoms with Crippen molar-refractivity contribution in [2.75, 3.05) is 20.7 Å². The number of likely N-dealkylation sites (N-methyl/N-ethyl adjacent to an activating group) is 1. The summed E-state index contributed by atoms with van der Waals surface area (Å²) in [6, 6.07) is 5.03. The summed E-state index contributed by atoms with van der Waals surface area (Å²) in [5.41, 5.74) is 1.78. The molecular weight excluding hydrogens is 242 g/mol. The maximum Gasteiger partial charge on any atom is 0.325 e. The minimum atomic E-state index is -0.827. The smallest absolute Gasteiger partial charge is 0.325 e. The van der Waals surface area contributed by atoms with Gasteiger partial charge in [-0.2, -0.15) is 0 Å². The van der Waals surface area contributed by atoms with Crippen LogP contribution in [0.25, 0.3) is 0 Å². The highest BCUT2D eigenvalue weighted by Gasteiger charge is 2.32. The molecule has 104 valence electrons. The average molecular weight is 263 g/mol. The van der Waals surface area contributed by atoms with Crippen LogP contribution in [0.3, 0.4) is 0 Å². The first-order valence-electron chi connectivity index (χ1n) is 6.60. The minimum Gasteiger partial charge on any atom is -0.496 e. The number of aryl methyl sites for hydroxylation is 1. The second-order valence-corrected chi connectivity index (χ2v) is 5.37. The highest BCUT2D eigenvalue weighted by atomic mass is 16.5. The zero-order valence-corrected chi connectivity index (χ0v) is 11.7. The third kappa shape index (κ3) is 3.26. The fraction of sp³-hybridized carbons (Fsp3) is 0.533. The maximum absolute atomic E-state index is 11.6. The van der Waals surface area contributed by atoms with Gasteiger partial charge in [0, 0.05) is 12.1 Å². The second kappa shape index (κ2) is 5.61. The van der Waals surface area contributed by atoms with Crippen molar-refractivity contribution in [3.8, 4) is 5.75 Å². The van der Waals surface area contributed by atoms with Crippen LogP contribution in [0, 0.1) is 12.8 Å². The normalized spacial score (nSPS) is 16.4. The number of aliphatic carboxylic acids is 1. The lowest BCUT2D eigenvalue weighted by atomic mass is 10.0. The molecule has 0 aromatic heterocycles. The van der Waals surface area contributed by atoms with Crippen molar-refractivity contribution in [2.45, 2.75) is 25.8 Å². The number of nitrogens with zero attached hydrogens (tertiary/aromatic N) is 1. The molecule has 0 bridgehead atoms. The van der Waals surface area contributed by atoms with Crippen molar-refractivity contribution in [3.05, 3.63) is 29.3 Å². The van der Waals surface area contributed by atoms with Crippen LogP contribution in [0.1, 0.15) is 30.0 Å². The Morgan fingerprint density at radius 3 is 2.74 bits per heavy atom. The Balaban J connectivity index is 2.31. The number of carboxylic acid groups (broad SMARTS) is 1. The van der Waals surface area contributed by atoms with Crippen LogP contribution < -0.4 is 4.74 Å². The molecule has 0 amide bonds. The molecule has 19 heavy (non-hydrogen) atoms. The standard InChI is InChI=1S/C15H21NO3/c1-10-4-7-13(19-3)12(8-10)14(15(17)18)16(2)9-11-5-6-11/h4,7-8,11,14H,5-6,9H2,1-3H3,(H,17,18). The summed E-state index contributed by atoms with van der Waals surface area (Å²) in [5, 5.41) is 9.54. The van der Waals surface area contributed by atoms with Crippen LogP contribution in [0.2, 0.25) is 0 Å². The molecule has 4 nitrogen and oxygen atoms in total. The monoisotopic (exact) mass is 263 g/mol. The topological polar surface area (TPSA) is 49.8 Å². The Bertz CT molecular complexity index is 468. The van der Waals surface area contributed by atoms with Gasteiger partial charge in [0.05, 0.1) is 7.11 Å². The van der Waals surface area contributed by atoms with Crippen LogP contribution in [0.4, 0.5) is 0 Å². The molecule has 0 heterocycles. The fourth-order valence-electron chi connectivity index (χ4n) is 2.44. The number of benzene rings is 1. The van der Waals surface area contributed by atoms with Gasteiger partial charge in [-0.1, -0.05) is 17.7 Å². The lowest BCUT2D eigenvalue weighted by molar-refractivity contribution is -0.143. The van der Waals surface area contributed by atoms with Crippen molar-refractivity contribution in [1.29, 1.82) is 0 Å². The molecule has 0 aliphatic heterocycles. The van der Waals surface area contributed by atoms with E-state index in [1.54, 1.807) is 7.11 Å². The van der Waals surface area contributed by atoms with Gasteiger partial charge in [-0.3, -0.25) is 9.69 Å². The first-order chi connectivity index (χ1) is 9.02. The highest BCUT2D eigenvalue weighted by molar-refractivity contribution is 5.76. The van der Waals surface area contributed by atoms with E-state index in [-0.39, 0.29) is 0 Å². The first kappa shape index (κ1) is 13.9. The molecule has 1 fully saturated rings. The lowest BCUT2D eigenvalue weighted by Crippen LogP contribution is -2.32. The Kier molecular flexibility index (Phi) is 4.10. The number of carbonyl (C=O) groups is 1. The molecule has 1 N–H and O–H groups in total. The van der Waals surface area contributed by atoms with E-state index < -0.39 is 12.0 Å². The van der Waals surface area contributed by atoms with Crippen LogP contribution >= 0.6 is 0 Å². The summed E-state index contributed by atoms with van der Waals surface area (Å²) in [4.78, 5) is 13.5. The molecule has 0 radical (unpaired) electrons. The molecule has 0 spiro atoms. The van der Waals surface area contributed by atoms with Crippen LogP contribution in [-0.4, -0.2) is 36.7 Å². The number of carboxylic acids is 1. The summed E-state index contributed by atoms with van der Waals surface area (Å²) < 4.78 is 5.31. The molecule has 1 saturated carbocycles. The molecule has 2 rings (SSSR count). The van der Waals surface area contributed by atoms with E-state index >= 15 is 0 Å². The third-order valence-corrected chi connectivity index (χ3v) is 3.60. The number of methoxy groups -OCH3 is 1. The van der Waals surface area contributed by atoms with Gasteiger partial charge in [0.15, 0.2) is 0 Å². The molecule has 1 aromatic carbocycles. The second-order valence-electron chi connectivity index (χ2n) is 5.37. The summed E-state index contributed by atoms with van der Waals surface area (Å²) in [5.74, 6) is 0.468. The third-order valence-electron chi connectivity index (χ3n) is 3.60. The molecular formula is C15H21NO3. The zero-order chi connectivity index (χ0) is 14.0. The summed E-state index contributed by atoms with van der Waals surface area (Å²) in [6.45, 7) is 2.79. The Hall–Kier alpha value is -1.55.